The van der Waals surface area contributed by atoms with Gasteiger partial charge in [0.05, 0.1) is 12.2 Å². The average Bonchev–Trinajstić information content (AvgIpc) is 2.38. The molecule has 0 unspecified atom stereocenters. The molecule has 118 valence electrons. The summed E-state index contributed by atoms with van der Waals surface area (Å²) in [6.45, 7) is 10.6. The van der Waals surface area contributed by atoms with E-state index in [2.05, 4.69) is 26.1 Å². The molecule has 0 saturated heterocycles. The number of nitrogens with one attached hydrogen (secondary N) is 1. The van der Waals surface area contributed by atoms with Gasteiger partial charge in [0.1, 0.15) is 0 Å². The van der Waals surface area contributed by atoms with Gasteiger partial charge in [-0.15, -0.1) is 0 Å². The molecule has 1 rings (SSSR count). The monoisotopic (exact) mass is 284 g/mol. The predicted octanol–water partition coefficient (Wildman–Crippen LogP) is 2.46. The van der Waals surface area contributed by atoms with E-state index in [0.717, 1.165) is 18.8 Å². The number of nitrogens with two attached hydrogens (primary N) is 1. The Hall–Kier alpha value is -0.610. The number of carbonyl (C=O) groups is 1. The summed E-state index contributed by atoms with van der Waals surface area (Å²) in [5.41, 5.74) is 6.11. The molecule has 1 aliphatic carbocycles. The van der Waals surface area contributed by atoms with Gasteiger partial charge in [-0.05, 0) is 43.9 Å². The van der Waals surface area contributed by atoms with Crippen LogP contribution in [0.4, 0.5) is 0 Å². The van der Waals surface area contributed by atoms with Crippen LogP contribution in [0, 0.1) is 11.3 Å². The molecule has 3 N–H and O–H groups in total. The van der Waals surface area contributed by atoms with Gasteiger partial charge in [0.15, 0.2) is 0 Å². The highest BCUT2D eigenvalue weighted by molar-refractivity contribution is 5.75. The zero-order valence-electron chi connectivity index (χ0n) is 13.6. The van der Waals surface area contributed by atoms with Crippen LogP contribution >= 0.6 is 0 Å². The van der Waals surface area contributed by atoms with Crippen LogP contribution in [0.5, 0.6) is 0 Å². The minimum atomic E-state index is -0.200. The molecule has 4 nitrogen and oxygen atoms in total. The van der Waals surface area contributed by atoms with Gasteiger partial charge in [0.2, 0.25) is 5.91 Å². The summed E-state index contributed by atoms with van der Waals surface area (Å²) in [7, 11) is 0. The van der Waals surface area contributed by atoms with Gasteiger partial charge in [0.25, 0.3) is 0 Å². The molecule has 1 saturated carbocycles. The summed E-state index contributed by atoms with van der Waals surface area (Å²) >= 11 is 0. The second kappa shape index (κ2) is 7.41. The number of ether oxygens (including phenoxy) is 1. The van der Waals surface area contributed by atoms with Crippen molar-refractivity contribution >= 4 is 5.91 Å². The van der Waals surface area contributed by atoms with Crippen molar-refractivity contribution in [1.82, 2.24) is 5.32 Å². The number of amides is 1. The first kappa shape index (κ1) is 17.4. The van der Waals surface area contributed by atoms with Gasteiger partial charge in [0, 0.05) is 19.5 Å². The molecular formula is C16H32N2O2. The van der Waals surface area contributed by atoms with Gasteiger partial charge in [-0.2, -0.15) is 0 Å². The van der Waals surface area contributed by atoms with E-state index in [1.165, 1.54) is 12.8 Å². The molecule has 0 aromatic rings. The van der Waals surface area contributed by atoms with Crippen LogP contribution < -0.4 is 11.1 Å². The fourth-order valence-electron chi connectivity index (χ4n) is 3.06. The first-order valence-corrected chi connectivity index (χ1v) is 7.94. The van der Waals surface area contributed by atoms with Gasteiger partial charge in [-0.25, -0.2) is 0 Å². The highest BCUT2D eigenvalue weighted by atomic mass is 16.5. The van der Waals surface area contributed by atoms with Crippen molar-refractivity contribution < 1.29 is 9.53 Å². The van der Waals surface area contributed by atoms with Crippen molar-refractivity contribution in [1.29, 1.82) is 0 Å². The van der Waals surface area contributed by atoms with Crippen molar-refractivity contribution in [3.8, 4) is 0 Å². The fraction of sp³-hybridized carbons (Fsp3) is 0.938. The Morgan fingerprint density at radius 1 is 1.35 bits per heavy atom. The highest BCUT2D eigenvalue weighted by Gasteiger charge is 2.38. The maximum atomic E-state index is 11.4. The van der Waals surface area contributed by atoms with E-state index in [0.29, 0.717) is 31.5 Å². The Labute approximate surface area is 123 Å². The van der Waals surface area contributed by atoms with Crippen LogP contribution in [0.2, 0.25) is 0 Å². The topological polar surface area (TPSA) is 64.3 Å². The number of hydrogen-bond donors (Lipinski definition) is 2. The van der Waals surface area contributed by atoms with E-state index in [9.17, 15) is 4.79 Å². The third-order valence-electron chi connectivity index (χ3n) is 4.60. The lowest BCUT2D eigenvalue weighted by atomic mass is 9.68. The lowest BCUT2D eigenvalue weighted by Crippen LogP contribution is -2.46. The molecule has 0 bridgehead atoms. The molecule has 4 heteroatoms. The van der Waals surface area contributed by atoms with E-state index in [1.54, 1.807) is 0 Å². The predicted molar refractivity (Wildman–Crippen MR) is 82.5 cm³/mol. The normalized spacial score (nSPS) is 27.4. The lowest BCUT2D eigenvalue weighted by molar-refractivity contribution is -0.125. The quantitative estimate of drug-likeness (QED) is 0.787. The number of carbonyl (C=O) groups excluding carboxylic acids is 1. The van der Waals surface area contributed by atoms with Crippen LogP contribution in [-0.4, -0.2) is 31.2 Å². The maximum Gasteiger partial charge on any atom is 0.222 e. The minimum Gasteiger partial charge on any atom is -0.373 e. The second-order valence-electron chi connectivity index (χ2n) is 7.08. The zero-order chi connectivity index (χ0) is 15.2. The Kier molecular flexibility index (Phi) is 6.46. The Morgan fingerprint density at radius 2 is 1.95 bits per heavy atom. The van der Waals surface area contributed by atoms with E-state index in [1.807, 2.05) is 6.92 Å². The minimum absolute atomic E-state index is 0.0584. The summed E-state index contributed by atoms with van der Waals surface area (Å²) in [4.78, 5) is 11.4. The van der Waals surface area contributed by atoms with Crippen molar-refractivity contribution in [2.24, 2.45) is 17.1 Å². The van der Waals surface area contributed by atoms with Gasteiger partial charge in [-0.1, -0.05) is 20.8 Å². The van der Waals surface area contributed by atoms with Crippen molar-refractivity contribution in [2.75, 3.05) is 19.7 Å². The highest BCUT2D eigenvalue weighted by Crippen LogP contribution is 2.42. The van der Waals surface area contributed by atoms with Crippen molar-refractivity contribution in [3.63, 3.8) is 0 Å². The molecule has 0 heterocycles. The van der Waals surface area contributed by atoms with Crippen LogP contribution in [0.1, 0.15) is 59.8 Å². The first-order valence-electron chi connectivity index (χ1n) is 7.94. The SMILES string of the molecule is CCNC(=O)CCOC1(CN)CCC(C(C)(C)C)CC1. The third kappa shape index (κ3) is 5.06. The molecule has 0 aliphatic heterocycles. The summed E-state index contributed by atoms with van der Waals surface area (Å²) in [6.07, 6.45) is 4.80. The molecule has 1 amide bonds. The van der Waals surface area contributed by atoms with E-state index < -0.39 is 0 Å². The van der Waals surface area contributed by atoms with Crippen LogP contribution in [0.15, 0.2) is 0 Å². The molecule has 0 radical (unpaired) electrons. The van der Waals surface area contributed by atoms with Crippen LogP contribution in [0.25, 0.3) is 0 Å². The Bertz CT molecular complexity index is 302. The molecule has 0 atom stereocenters. The second-order valence-corrected chi connectivity index (χ2v) is 7.08. The number of hydrogen-bond acceptors (Lipinski definition) is 3. The lowest BCUT2D eigenvalue weighted by Gasteiger charge is -2.43. The van der Waals surface area contributed by atoms with Gasteiger partial charge >= 0.3 is 0 Å². The summed E-state index contributed by atoms with van der Waals surface area (Å²) in [5.74, 6) is 0.803. The summed E-state index contributed by atoms with van der Waals surface area (Å²) in [5, 5.41) is 2.79. The Balaban J connectivity index is 2.41. The van der Waals surface area contributed by atoms with Crippen LogP contribution in [0.3, 0.4) is 0 Å². The largest absolute Gasteiger partial charge is 0.373 e. The van der Waals surface area contributed by atoms with E-state index in [-0.39, 0.29) is 11.5 Å². The zero-order valence-corrected chi connectivity index (χ0v) is 13.6. The van der Waals surface area contributed by atoms with Crippen molar-refractivity contribution in [3.05, 3.63) is 0 Å². The standard InChI is InChI=1S/C16H32N2O2/c1-5-18-14(19)8-11-20-16(12-17)9-6-13(7-10-16)15(2,3)4/h13H,5-12,17H2,1-4H3,(H,18,19). The van der Waals surface area contributed by atoms with E-state index in [4.69, 9.17) is 10.5 Å². The molecule has 1 aliphatic rings. The van der Waals surface area contributed by atoms with Gasteiger partial charge in [-0.3, -0.25) is 4.79 Å². The fourth-order valence-corrected chi connectivity index (χ4v) is 3.06. The molecule has 20 heavy (non-hydrogen) atoms. The first-order chi connectivity index (χ1) is 9.33. The van der Waals surface area contributed by atoms with E-state index >= 15 is 0 Å². The van der Waals surface area contributed by atoms with Crippen molar-refractivity contribution in [2.45, 2.75) is 65.4 Å². The average molecular weight is 284 g/mol. The molecular weight excluding hydrogens is 252 g/mol. The molecule has 1 fully saturated rings. The van der Waals surface area contributed by atoms with Crippen LogP contribution in [-0.2, 0) is 9.53 Å². The Morgan fingerprint density at radius 3 is 2.40 bits per heavy atom. The number of rotatable bonds is 6. The molecule has 0 aromatic carbocycles. The summed E-state index contributed by atoms with van der Waals surface area (Å²) in [6, 6.07) is 0. The maximum absolute atomic E-state index is 11.4. The van der Waals surface area contributed by atoms with Gasteiger partial charge < -0.3 is 15.8 Å². The smallest absolute Gasteiger partial charge is 0.222 e. The third-order valence-corrected chi connectivity index (χ3v) is 4.60. The summed E-state index contributed by atoms with van der Waals surface area (Å²) < 4.78 is 6.01. The molecule has 0 aromatic heterocycles. The molecule has 0 spiro atoms.